The van der Waals surface area contributed by atoms with Crippen LogP contribution >= 0.6 is 11.6 Å². The van der Waals surface area contributed by atoms with E-state index in [1.54, 1.807) is 24.3 Å². The number of halogens is 2. The number of anilines is 1. The van der Waals surface area contributed by atoms with E-state index in [1.165, 1.54) is 12.1 Å². The van der Waals surface area contributed by atoms with Crippen LogP contribution in [0.1, 0.15) is 18.5 Å². The summed E-state index contributed by atoms with van der Waals surface area (Å²) in [5.41, 5.74) is 1.21. The molecule has 2 N–H and O–H groups in total. The Hall–Kier alpha value is -1.91. The first-order valence-electron chi connectivity index (χ1n) is 6.59. The molecular weight excluding hydrogens is 291 g/mol. The predicted molar refractivity (Wildman–Crippen MR) is 82.9 cm³/mol. The number of hydrogen-bond acceptors (Lipinski definition) is 2. The summed E-state index contributed by atoms with van der Waals surface area (Å²) in [6, 6.07) is 13.5. The van der Waals surface area contributed by atoms with E-state index in [9.17, 15) is 9.18 Å². The summed E-state index contributed by atoms with van der Waals surface area (Å²) in [6.07, 6.45) is 0. The predicted octanol–water partition coefficient (Wildman–Crippen LogP) is 3.77. The second kappa shape index (κ2) is 7.20. The molecule has 0 saturated carbocycles. The zero-order chi connectivity index (χ0) is 15.2. The van der Waals surface area contributed by atoms with Crippen LogP contribution in [0, 0.1) is 5.82 Å². The van der Waals surface area contributed by atoms with Crippen molar-refractivity contribution >= 4 is 23.2 Å². The molecule has 5 heteroatoms. The summed E-state index contributed by atoms with van der Waals surface area (Å²) >= 11 is 5.83. The monoisotopic (exact) mass is 306 g/mol. The first-order chi connectivity index (χ1) is 10.1. The van der Waals surface area contributed by atoms with Crippen LogP contribution in [-0.4, -0.2) is 12.5 Å². The molecule has 1 atom stereocenters. The zero-order valence-electron chi connectivity index (χ0n) is 11.6. The average molecular weight is 307 g/mol. The summed E-state index contributed by atoms with van der Waals surface area (Å²) in [4.78, 5) is 11.8. The molecule has 0 heterocycles. The standard InChI is InChI=1S/C16H16ClFN2O/c1-11(12-6-8-13(17)9-7-12)19-10-16(21)20-15-5-3-2-4-14(15)18/h2-9,11,19H,10H2,1H3,(H,20,21)/t11-/m0/s1. The van der Waals surface area contributed by atoms with Crippen molar-refractivity contribution in [2.24, 2.45) is 0 Å². The maximum Gasteiger partial charge on any atom is 0.238 e. The zero-order valence-corrected chi connectivity index (χ0v) is 12.3. The van der Waals surface area contributed by atoms with E-state index in [2.05, 4.69) is 10.6 Å². The van der Waals surface area contributed by atoms with Crippen LogP contribution < -0.4 is 10.6 Å². The second-order valence-electron chi connectivity index (χ2n) is 4.68. The molecule has 2 rings (SSSR count). The Morgan fingerprint density at radius 3 is 2.52 bits per heavy atom. The van der Waals surface area contributed by atoms with Crippen molar-refractivity contribution in [3.05, 3.63) is 64.9 Å². The van der Waals surface area contributed by atoms with E-state index in [0.29, 0.717) is 5.02 Å². The molecule has 0 aliphatic heterocycles. The summed E-state index contributed by atoms with van der Waals surface area (Å²) in [5, 5.41) is 6.28. The molecule has 0 spiro atoms. The van der Waals surface area contributed by atoms with Crippen molar-refractivity contribution in [1.29, 1.82) is 0 Å². The fourth-order valence-corrected chi connectivity index (χ4v) is 2.00. The lowest BCUT2D eigenvalue weighted by atomic mass is 10.1. The lowest BCUT2D eigenvalue weighted by Crippen LogP contribution is -2.30. The summed E-state index contributed by atoms with van der Waals surface area (Å²) in [7, 11) is 0. The minimum atomic E-state index is -0.448. The van der Waals surface area contributed by atoms with Gasteiger partial charge >= 0.3 is 0 Å². The van der Waals surface area contributed by atoms with Gasteiger partial charge < -0.3 is 10.6 Å². The summed E-state index contributed by atoms with van der Waals surface area (Å²) in [6.45, 7) is 2.04. The maximum atomic E-state index is 13.4. The van der Waals surface area contributed by atoms with Crippen molar-refractivity contribution in [3.8, 4) is 0 Å². The Balaban J connectivity index is 1.86. The molecule has 21 heavy (non-hydrogen) atoms. The van der Waals surface area contributed by atoms with E-state index in [4.69, 9.17) is 11.6 Å². The number of rotatable bonds is 5. The highest BCUT2D eigenvalue weighted by Gasteiger charge is 2.09. The van der Waals surface area contributed by atoms with Gasteiger partial charge in [0.05, 0.1) is 12.2 Å². The summed E-state index contributed by atoms with van der Waals surface area (Å²) < 4.78 is 13.4. The van der Waals surface area contributed by atoms with Gasteiger partial charge in [-0.15, -0.1) is 0 Å². The van der Waals surface area contributed by atoms with Gasteiger partial charge in [0.1, 0.15) is 5.82 Å². The Morgan fingerprint density at radius 2 is 1.86 bits per heavy atom. The quantitative estimate of drug-likeness (QED) is 0.883. The fourth-order valence-electron chi connectivity index (χ4n) is 1.87. The minimum absolute atomic E-state index is 0.00589. The minimum Gasteiger partial charge on any atom is -0.322 e. The van der Waals surface area contributed by atoms with Crippen molar-refractivity contribution in [1.82, 2.24) is 5.32 Å². The molecule has 0 radical (unpaired) electrons. The van der Waals surface area contributed by atoms with Crippen LogP contribution in [-0.2, 0) is 4.79 Å². The molecule has 0 fully saturated rings. The van der Waals surface area contributed by atoms with Crippen LogP contribution in [0.3, 0.4) is 0 Å². The third-order valence-corrected chi connectivity index (χ3v) is 3.34. The van der Waals surface area contributed by atoms with Crippen LogP contribution in [0.15, 0.2) is 48.5 Å². The van der Waals surface area contributed by atoms with Crippen molar-refractivity contribution < 1.29 is 9.18 Å². The summed E-state index contributed by atoms with van der Waals surface area (Å²) in [5.74, 6) is -0.738. The van der Waals surface area contributed by atoms with Gasteiger partial charge in [0.25, 0.3) is 0 Å². The lowest BCUT2D eigenvalue weighted by Gasteiger charge is -2.14. The van der Waals surface area contributed by atoms with E-state index in [-0.39, 0.29) is 24.2 Å². The largest absolute Gasteiger partial charge is 0.322 e. The van der Waals surface area contributed by atoms with Gasteiger partial charge in [-0.3, -0.25) is 4.79 Å². The normalized spacial score (nSPS) is 12.0. The van der Waals surface area contributed by atoms with Gasteiger partial charge in [0, 0.05) is 11.1 Å². The van der Waals surface area contributed by atoms with Gasteiger partial charge in [-0.2, -0.15) is 0 Å². The third kappa shape index (κ3) is 4.55. The number of carbonyl (C=O) groups is 1. The molecule has 0 saturated heterocycles. The van der Waals surface area contributed by atoms with E-state index in [0.717, 1.165) is 5.56 Å². The highest BCUT2D eigenvalue weighted by atomic mass is 35.5. The number of nitrogens with one attached hydrogen (secondary N) is 2. The fraction of sp³-hybridized carbons (Fsp3) is 0.188. The first-order valence-corrected chi connectivity index (χ1v) is 6.97. The molecule has 0 aliphatic rings. The molecule has 0 unspecified atom stereocenters. The molecule has 0 aromatic heterocycles. The molecule has 2 aromatic carbocycles. The van der Waals surface area contributed by atoms with Crippen molar-refractivity contribution in [2.75, 3.05) is 11.9 Å². The van der Waals surface area contributed by atoms with E-state index >= 15 is 0 Å². The number of hydrogen-bond donors (Lipinski definition) is 2. The maximum absolute atomic E-state index is 13.4. The van der Waals surface area contributed by atoms with E-state index < -0.39 is 5.82 Å². The Kier molecular flexibility index (Phi) is 5.31. The topological polar surface area (TPSA) is 41.1 Å². The van der Waals surface area contributed by atoms with Crippen molar-refractivity contribution in [2.45, 2.75) is 13.0 Å². The third-order valence-electron chi connectivity index (χ3n) is 3.09. The molecule has 2 aromatic rings. The van der Waals surface area contributed by atoms with Crippen molar-refractivity contribution in [3.63, 3.8) is 0 Å². The molecular formula is C16H16ClFN2O. The van der Waals surface area contributed by atoms with Crippen LogP contribution in [0.4, 0.5) is 10.1 Å². The van der Waals surface area contributed by atoms with Gasteiger partial charge in [-0.1, -0.05) is 35.9 Å². The molecule has 0 bridgehead atoms. The SMILES string of the molecule is C[C@H](NCC(=O)Nc1ccccc1F)c1ccc(Cl)cc1. The van der Waals surface area contributed by atoms with Crippen LogP contribution in [0.2, 0.25) is 5.02 Å². The molecule has 3 nitrogen and oxygen atoms in total. The smallest absolute Gasteiger partial charge is 0.238 e. The number of para-hydroxylation sites is 1. The Bertz CT molecular complexity index is 616. The molecule has 1 amide bonds. The van der Waals surface area contributed by atoms with Gasteiger partial charge in [0.2, 0.25) is 5.91 Å². The molecule has 0 aliphatic carbocycles. The van der Waals surface area contributed by atoms with Gasteiger partial charge in [0.15, 0.2) is 0 Å². The van der Waals surface area contributed by atoms with Crippen LogP contribution in [0.25, 0.3) is 0 Å². The van der Waals surface area contributed by atoms with Crippen LogP contribution in [0.5, 0.6) is 0 Å². The van der Waals surface area contributed by atoms with Gasteiger partial charge in [-0.05, 0) is 36.8 Å². The number of benzene rings is 2. The Morgan fingerprint density at radius 1 is 1.19 bits per heavy atom. The second-order valence-corrected chi connectivity index (χ2v) is 5.12. The highest BCUT2D eigenvalue weighted by molar-refractivity contribution is 6.30. The number of carbonyl (C=O) groups excluding carboxylic acids is 1. The average Bonchev–Trinajstić information content (AvgIpc) is 2.48. The van der Waals surface area contributed by atoms with E-state index in [1.807, 2.05) is 19.1 Å². The number of amides is 1. The van der Waals surface area contributed by atoms with Gasteiger partial charge in [-0.25, -0.2) is 4.39 Å². The highest BCUT2D eigenvalue weighted by Crippen LogP contribution is 2.16. The Labute approximate surface area is 128 Å². The lowest BCUT2D eigenvalue weighted by molar-refractivity contribution is -0.115. The first kappa shape index (κ1) is 15.5. The molecule has 110 valence electrons.